The van der Waals surface area contributed by atoms with Gasteiger partial charge in [-0.05, 0) is 17.2 Å². The largest absolute Gasteiger partial charge is 0.332 e. The van der Waals surface area contributed by atoms with Crippen molar-refractivity contribution < 1.29 is 4.79 Å². The van der Waals surface area contributed by atoms with Crippen molar-refractivity contribution in [3.8, 4) is 0 Å². The Hall–Kier alpha value is -1.06. The fraction of sp³-hybridized carbons (Fsp3) is 0.500. The maximum atomic E-state index is 12.0. The monoisotopic (exact) mass is 264 g/mol. The second-order valence-electron chi connectivity index (χ2n) is 5.76. The van der Waals surface area contributed by atoms with Crippen LogP contribution in [-0.4, -0.2) is 30.4 Å². The lowest BCUT2D eigenvalue weighted by Gasteiger charge is -2.47. The van der Waals surface area contributed by atoms with E-state index in [1.807, 2.05) is 17.0 Å². The van der Waals surface area contributed by atoms with Crippen LogP contribution in [0.1, 0.15) is 31.0 Å². The van der Waals surface area contributed by atoms with Crippen LogP contribution in [0.3, 0.4) is 0 Å². The summed E-state index contributed by atoms with van der Waals surface area (Å²) < 4.78 is 0. The minimum absolute atomic E-state index is 0.0861. The predicted octanol–water partition coefficient (Wildman–Crippen LogP) is 2.10. The summed E-state index contributed by atoms with van der Waals surface area (Å²) >= 11 is 6.37. The minimum Gasteiger partial charge on any atom is -0.332 e. The predicted molar refractivity (Wildman–Crippen MR) is 71.8 cm³/mol. The highest BCUT2D eigenvalue weighted by Gasteiger charge is 2.42. The van der Waals surface area contributed by atoms with Gasteiger partial charge >= 0.3 is 0 Å². The van der Waals surface area contributed by atoms with E-state index in [-0.39, 0.29) is 17.4 Å². The quantitative estimate of drug-likeness (QED) is 0.778. The molecule has 96 valence electrons. The van der Waals surface area contributed by atoms with E-state index in [0.29, 0.717) is 6.54 Å². The number of amides is 1. The van der Waals surface area contributed by atoms with Crippen LogP contribution in [0.4, 0.5) is 0 Å². The smallest absolute Gasteiger partial charge is 0.237 e. The van der Waals surface area contributed by atoms with E-state index >= 15 is 0 Å². The summed E-state index contributed by atoms with van der Waals surface area (Å²) in [6.07, 6.45) is 0. The maximum Gasteiger partial charge on any atom is 0.237 e. The molecule has 1 amide bonds. The SMILES string of the molecule is CC1(C)CN2C(=O)CNCC2c2cccc(Cl)c21. The second kappa shape index (κ2) is 3.97. The van der Waals surface area contributed by atoms with Crippen molar-refractivity contribution in [1.82, 2.24) is 10.2 Å². The number of piperazine rings is 1. The van der Waals surface area contributed by atoms with Gasteiger partial charge in [0.1, 0.15) is 0 Å². The molecule has 0 saturated carbocycles. The molecule has 2 heterocycles. The highest BCUT2D eigenvalue weighted by molar-refractivity contribution is 6.31. The number of hydrogen-bond donors (Lipinski definition) is 1. The first-order valence-electron chi connectivity index (χ1n) is 6.30. The van der Waals surface area contributed by atoms with Gasteiger partial charge < -0.3 is 10.2 Å². The zero-order valence-electron chi connectivity index (χ0n) is 10.7. The highest BCUT2D eigenvalue weighted by Crippen LogP contribution is 2.43. The molecule has 1 N–H and O–H groups in total. The lowest BCUT2D eigenvalue weighted by molar-refractivity contribution is -0.136. The van der Waals surface area contributed by atoms with Gasteiger partial charge in [-0.15, -0.1) is 0 Å². The number of nitrogens with one attached hydrogen (secondary N) is 1. The first-order chi connectivity index (χ1) is 8.50. The first kappa shape index (κ1) is 12.0. The van der Waals surface area contributed by atoms with Crippen LogP contribution in [0, 0.1) is 0 Å². The Morgan fingerprint density at radius 3 is 3.00 bits per heavy atom. The summed E-state index contributed by atoms with van der Waals surface area (Å²) in [5, 5.41) is 4.00. The Balaban J connectivity index is 2.17. The summed E-state index contributed by atoms with van der Waals surface area (Å²) in [5.41, 5.74) is 2.31. The van der Waals surface area contributed by atoms with Crippen LogP contribution in [0.15, 0.2) is 18.2 Å². The van der Waals surface area contributed by atoms with Crippen LogP contribution >= 0.6 is 11.6 Å². The van der Waals surface area contributed by atoms with E-state index in [1.165, 1.54) is 11.1 Å². The molecular formula is C14H17ClN2O. The molecule has 0 spiro atoms. The fourth-order valence-corrected chi connectivity index (χ4v) is 3.65. The summed E-state index contributed by atoms with van der Waals surface area (Å²) in [5.74, 6) is 0.185. The van der Waals surface area contributed by atoms with Crippen molar-refractivity contribution in [1.29, 1.82) is 0 Å². The molecule has 1 unspecified atom stereocenters. The lowest BCUT2D eigenvalue weighted by atomic mass is 9.75. The van der Waals surface area contributed by atoms with Crippen LogP contribution in [0.2, 0.25) is 5.02 Å². The summed E-state index contributed by atoms with van der Waals surface area (Å²) in [6, 6.07) is 6.14. The third-order valence-electron chi connectivity index (χ3n) is 3.96. The number of benzene rings is 1. The Morgan fingerprint density at radius 1 is 1.44 bits per heavy atom. The molecule has 18 heavy (non-hydrogen) atoms. The van der Waals surface area contributed by atoms with Gasteiger partial charge in [-0.25, -0.2) is 0 Å². The highest BCUT2D eigenvalue weighted by atomic mass is 35.5. The van der Waals surface area contributed by atoms with Crippen molar-refractivity contribution in [3.63, 3.8) is 0 Å². The average molecular weight is 265 g/mol. The van der Waals surface area contributed by atoms with Crippen LogP contribution < -0.4 is 5.32 Å². The van der Waals surface area contributed by atoms with Crippen molar-refractivity contribution >= 4 is 17.5 Å². The van der Waals surface area contributed by atoms with Crippen LogP contribution in [-0.2, 0) is 10.2 Å². The van der Waals surface area contributed by atoms with Gasteiger partial charge in [0, 0.05) is 23.5 Å². The molecule has 1 atom stereocenters. The van der Waals surface area contributed by atoms with Gasteiger partial charge in [0.2, 0.25) is 5.91 Å². The number of carbonyl (C=O) groups is 1. The number of nitrogens with zero attached hydrogens (tertiary/aromatic N) is 1. The second-order valence-corrected chi connectivity index (χ2v) is 6.16. The Labute approximate surface area is 112 Å². The standard InChI is InChI=1S/C14H17ClN2O/c1-14(2)8-17-11(6-16-7-12(17)18)9-4-3-5-10(15)13(9)14/h3-5,11,16H,6-8H2,1-2H3. The Morgan fingerprint density at radius 2 is 2.22 bits per heavy atom. The Kier molecular flexibility index (Phi) is 2.65. The van der Waals surface area contributed by atoms with Gasteiger partial charge in [-0.2, -0.15) is 0 Å². The number of fused-ring (bicyclic) bond motifs is 3. The van der Waals surface area contributed by atoms with E-state index in [4.69, 9.17) is 11.6 Å². The fourth-order valence-electron chi connectivity index (χ4n) is 3.22. The molecule has 0 radical (unpaired) electrons. The molecule has 0 aromatic heterocycles. The molecule has 2 aliphatic rings. The zero-order chi connectivity index (χ0) is 12.9. The maximum absolute atomic E-state index is 12.0. The van der Waals surface area contributed by atoms with E-state index in [9.17, 15) is 4.79 Å². The van der Waals surface area contributed by atoms with Gasteiger partial charge in [-0.1, -0.05) is 37.6 Å². The lowest BCUT2D eigenvalue weighted by Crippen LogP contribution is -2.56. The molecule has 3 nitrogen and oxygen atoms in total. The summed E-state index contributed by atoms with van der Waals surface area (Å²) in [6.45, 7) is 6.32. The van der Waals surface area contributed by atoms with Crippen molar-refractivity contribution in [2.45, 2.75) is 25.3 Å². The van der Waals surface area contributed by atoms with Crippen molar-refractivity contribution in [3.05, 3.63) is 34.3 Å². The third-order valence-corrected chi connectivity index (χ3v) is 4.27. The van der Waals surface area contributed by atoms with E-state index in [0.717, 1.165) is 18.1 Å². The van der Waals surface area contributed by atoms with Gasteiger partial charge in [0.15, 0.2) is 0 Å². The average Bonchev–Trinajstić information content (AvgIpc) is 2.30. The van der Waals surface area contributed by atoms with Gasteiger partial charge in [0.25, 0.3) is 0 Å². The number of rotatable bonds is 0. The van der Waals surface area contributed by atoms with Gasteiger partial charge in [-0.3, -0.25) is 4.79 Å². The molecule has 3 rings (SSSR count). The molecule has 1 fully saturated rings. The number of hydrogen-bond acceptors (Lipinski definition) is 2. The molecular weight excluding hydrogens is 248 g/mol. The Bertz CT molecular complexity index is 513. The number of halogens is 1. The summed E-state index contributed by atoms with van der Waals surface area (Å²) in [7, 11) is 0. The molecule has 0 aliphatic carbocycles. The van der Waals surface area contributed by atoms with E-state index < -0.39 is 0 Å². The van der Waals surface area contributed by atoms with Crippen molar-refractivity contribution in [2.75, 3.05) is 19.6 Å². The normalized spacial score (nSPS) is 25.6. The minimum atomic E-state index is -0.0861. The zero-order valence-corrected chi connectivity index (χ0v) is 11.4. The molecule has 1 aromatic carbocycles. The molecule has 2 aliphatic heterocycles. The third kappa shape index (κ3) is 1.65. The number of carbonyl (C=O) groups excluding carboxylic acids is 1. The molecule has 4 heteroatoms. The molecule has 0 bridgehead atoms. The van der Waals surface area contributed by atoms with E-state index in [1.54, 1.807) is 0 Å². The molecule has 1 saturated heterocycles. The van der Waals surface area contributed by atoms with Gasteiger partial charge in [0.05, 0.1) is 12.6 Å². The first-order valence-corrected chi connectivity index (χ1v) is 6.67. The molecule has 1 aromatic rings. The van der Waals surface area contributed by atoms with Crippen LogP contribution in [0.25, 0.3) is 0 Å². The van der Waals surface area contributed by atoms with Crippen LogP contribution in [0.5, 0.6) is 0 Å². The summed E-state index contributed by atoms with van der Waals surface area (Å²) in [4.78, 5) is 14.0. The van der Waals surface area contributed by atoms with Crippen molar-refractivity contribution in [2.24, 2.45) is 0 Å². The van der Waals surface area contributed by atoms with E-state index in [2.05, 4.69) is 25.2 Å². The topological polar surface area (TPSA) is 32.3 Å².